The molecule has 1 saturated carbocycles. The molecule has 2 N–H and O–H groups in total. The van der Waals surface area contributed by atoms with Crippen LogP contribution in [0.5, 0.6) is 0 Å². The number of amides is 1. The SMILES string of the molecule is Cn1c(CO)nnc1C1CC(NC(=O)COCC(F)(F)C(F)F)C1. The van der Waals surface area contributed by atoms with Gasteiger partial charge in [0.05, 0.1) is 0 Å². The Bertz CT molecular complexity index is 576. The molecule has 0 aliphatic heterocycles. The zero-order chi connectivity index (χ0) is 17.9. The van der Waals surface area contributed by atoms with E-state index in [1.54, 1.807) is 11.6 Å². The summed E-state index contributed by atoms with van der Waals surface area (Å²) in [7, 11) is 1.73. The van der Waals surface area contributed by atoms with Crippen LogP contribution in [0.15, 0.2) is 0 Å². The molecule has 1 fully saturated rings. The zero-order valence-corrected chi connectivity index (χ0v) is 12.9. The third-order valence-electron chi connectivity index (χ3n) is 3.86. The Balaban J connectivity index is 1.69. The third kappa shape index (κ3) is 4.20. The standard InChI is InChI=1S/C13H18F4N4O3/c1-21-9(4-22)19-20-11(21)7-2-8(3-7)18-10(23)5-24-6-13(16,17)12(14)15/h7-8,12,22H,2-6H2,1H3,(H,18,23). The van der Waals surface area contributed by atoms with Gasteiger partial charge in [0.15, 0.2) is 5.82 Å². The maximum atomic E-state index is 12.6. The van der Waals surface area contributed by atoms with Crippen molar-refractivity contribution in [2.24, 2.45) is 7.05 Å². The largest absolute Gasteiger partial charge is 0.388 e. The Morgan fingerprint density at radius 3 is 2.67 bits per heavy atom. The fourth-order valence-corrected chi connectivity index (χ4v) is 2.43. The lowest BCUT2D eigenvalue weighted by molar-refractivity contribution is -0.168. The van der Waals surface area contributed by atoms with E-state index in [4.69, 9.17) is 5.11 Å². The minimum absolute atomic E-state index is 0.0668. The number of carbonyl (C=O) groups is 1. The third-order valence-corrected chi connectivity index (χ3v) is 3.86. The molecule has 1 heterocycles. The normalized spacial score (nSPS) is 21.0. The summed E-state index contributed by atoms with van der Waals surface area (Å²) in [4.78, 5) is 11.5. The fraction of sp³-hybridized carbons (Fsp3) is 0.769. The average molecular weight is 354 g/mol. The van der Waals surface area contributed by atoms with Gasteiger partial charge >= 0.3 is 12.3 Å². The summed E-state index contributed by atoms with van der Waals surface area (Å²) in [5.74, 6) is -3.71. The molecule has 0 bridgehead atoms. The van der Waals surface area contributed by atoms with E-state index >= 15 is 0 Å². The molecule has 0 atom stereocenters. The van der Waals surface area contributed by atoms with E-state index in [0.717, 1.165) is 0 Å². The summed E-state index contributed by atoms with van der Waals surface area (Å²) in [5.41, 5.74) is 0. The number of alkyl halides is 4. The Morgan fingerprint density at radius 1 is 1.46 bits per heavy atom. The Labute approximate surface area is 135 Å². The van der Waals surface area contributed by atoms with Crippen LogP contribution in [0.3, 0.4) is 0 Å². The van der Waals surface area contributed by atoms with Gasteiger partial charge < -0.3 is 19.7 Å². The van der Waals surface area contributed by atoms with Crippen molar-refractivity contribution in [1.82, 2.24) is 20.1 Å². The maximum Gasteiger partial charge on any atom is 0.330 e. The molecule has 0 radical (unpaired) electrons. The van der Waals surface area contributed by atoms with Crippen LogP contribution in [0.4, 0.5) is 17.6 Å². The van der Waals surface area contributed by atoms with Crippen molar-refractivity contribution in [3.05, 3.63) is 11.6 Å². The fourth-order valence-electron chi connectivity index (χ4n) is 2.43. The van der Waals surface area contributed by atoms with Crippen LogP contribution in [-0.4, -0.2) is 57.4 Å². The number of rotatable bonds is 8. The number of hydrogen-bond acceptors (Lipinski definition) is 5. The van der Waals surface area contributed by atoms with Crippen LogP contribution in [0, 0.1) is 0 Å². The number of aromatic nitrogens is 3. The number of hydrogen-bond donors (Lipinski definition) is 2. The van der Waals surface area contributed by atoms with E-state index < -0.39 is 31.5 Å². The van der Waals surface area contributed by atoms with Crippen LogP contribution in [0.25, 0.3) is 0 Å². The smallest absolute Gasteiger partial charge is 0.330 e. The Kier molecular flexibility index (Phi) is 5.75. The molecule has 1 amide bonds. The summed E-state index contributed by atoms with van der Waals surface area (Å²) in [5, 5.41) is 19.4. The first-order valence-electron chi connectivity index (χ1n) is 7.26. The first-order valence-corrected chi connectivity index (χ1v) is 7.26. The second-order valence-electron chi connectivity index (χ2n) is 5.68. The molecule has 11 heteroatoms. The van der Waals surface area contributed by atoms with Gasteiger partial charge in [0.25, 0.3) is 0 Å². The van der Waals surface area contributed by atoms with E-state index in [0.29, 0.717) is 24.5 Å². The van der Waals surface area contributed by atoms with Gasteiger partial charge in [0.2, 0.25) is 5.91 Å². The minimum Gasteiger partial charge on any atom is -0.388 e. The summed E-state index contributed by atoms with van der Waals surface area (Å²) in [6.45, 7) is -2.44. The number of carbonyl (C=O) groups excluding carboxylic acids is 1. The number of ether oxygens (including phenoxy) is 1. The minimum atomic E-state index is -4.27. The predicted octanol–water partition coefficient (Wildman–Crippen LogP) is 0.587. The topological polar surface area (TPSA) is 89.3 Å². The van der Waals surface area contributed by atoms with Crippen LogP contribution in [0.2, 0.25) is 0 Å². The predicted molar refractivity (Wildman–Crippen MR) is 72.6 cm³/mol. The number of nitrogens with one attached hydrogen (secondary N) is 1. The monoisotopic (exact) mass is 354 g/mol. The number of halogens is 4. The summed E-state index contributed by atoms with van der Waals surface area (Å²) < 4.78 is 55.1. The zero-order valence-electron chi connectivity index (χ0n) is 12.9. The quantitative estimate of drug-likeness (QED) is 0.667. The highest BCUT2D eigenvalue weighted by Crippen LogP contribution is 2.35. The summed E-state index contributed by atoms with van der Waals surface area (Å²) in [6.07, 6.45) is -2.67. The van der Waals surface area contributed by atoms with Crippen molar-refractivity contribution in [3.63, 3.8) is 0 Å². The van der Waals surface area contributed by atoms with E-state index in [1.165, 1.54) is 0 Å². The molecule has 1 aromatic rings. The van der Waals surface area contributed by atoms with Crippen molar-refractivity contribution in [1.29, 1.82) is 0 Å². The van der Waals surface area contributed by atoms with Gasteiger partial charge in [-0.25, -0.2) is 8.78 Å². The van der Waals surface area contributed by atoms with E-state index in [9.17, 15) is 22.4 Å². The molecule has 136 valence electrons. The summed E-state index contributed by atoms with van der Waals surface area (Å²) >= 11 is 0. The van der Waals surface area contributed by atoms with Gasteiger partial charge in [0, 0.05) is 19.0 Å². The van der Waals surface area contributed by atoms with Crippen LogP contribution in [-0.2, 0) is 23.2 Å². The van der Waals surface area contributed by atoms with Crippen LogP contribution < -0.4 is 5.32 Å². The maximum absolute atomic E-state index is 12.6. The first kappa shape index (κ1) is 18.6. The van der Waals surface area contributed by atoms with Gasteiger partial charge in [0.1, 0.15) is 25.6 Å². The molecule has 0 aromatic carbocycles. The second kappa shape index (κ2) is 7.43. The molecule has 1 aromatic heterocycles. The molecule has 1 aliphatic rings. The van der Waals surface area contributed by atoms with Crippen molar-refractivity contribution in [2.75, 3.05) is 13.2 Å². The van der Waals surface area contributed by atoms with E-state index in [1.807, 2.05) is 0 Å². The average Bonchev–Trinajstić information content (AvgIpc) is 2.82. The van der Waals surface area contributed by atoms with Crippen molar-refractivity contribution < 1.29 is 32.2 Å². The van der Waals surface area contributed by atoms with E-state index in [2.05, 4.69) is 20.3 Å². The highest BCUT2D eigenvalue weighted by Gasteiger charge is 2.41. The van der Waals surface area contributed by atoms with Gasteiger partial charge in [-0.3, -0.25) is 4.79 Å². The Morgan fingerprint density at radius 2 is 2.12 bits per heavy atom. The van der Waals surface area contributed by atoms with Crippen LogP contribution in [0.1, 0.15) is 30.4 Å². The van der Waals surface area contributed by atoms with Gasteiger partial charge in [-0.05, 0) is 12.8 Å². The lowest BCUT2D eigenvalue weighted by atomic mass is 9.79. The Hall–Kier alpha value is -1.75. The van der Waals surface area contributed by atoms with Crippen molar-refractivity contribution in [2.45, 2.75) is 43.8 Å². The number of aliphatic hydroxyl groups is 1. The van der Waals surface area contributed by atoms with Gasteiger partial charge in [-0.2, -0.15) is 8.78 Å². The number of nitrogens with zero attached hydrogens (tertiary/aromatic N) is 3. The molecule has 7 nitrogen and oxygen atoms in total. The first-order chi connectivity index (χ1) is 11.2. The highest BCUT2D eigenvalue weighted by atomic mass is 19.3. The van der Waals surface area contributed by atoms with Gasteiger partial charge in [-0.1, -0.05) is 0 Å². The highest BCUT2D eigenvalue weighted by molar-refractivity contribution is 5.77. The van der Waals surface area contributed by atoms with Crippen molar-refractivity contribution in [3.8, 4) is 0 Å². The number of aliphatic hydroxyl groups excluding tert-OH is 1. The molecule has 0 saturated heterocycles. The van der Waals surface area contributed by atoms with Gasteiger partial charge in [-0.15, -0.1) is 10.2 Å². The molecule has 2 rings (SSSR count). The molecular formula is C13H18F4N4O3. The molecule has 24 heavy (non-hydrogen) atoms. The summed E-state index contributed by atoms with van der Waals surface area (Å²) in [6, 6.07) is -0.170. The van der Waals surface area contributed by atoms with Crippen molar-refractivity contribution >= 4 is 5.91 Å². The lowest BCUT2D eigenvalue weighted by Crippen LogP contribution is -2.45. The molecule has 1 aliphatic carbocycles. The molecular weight excluding hydrogens is 336 g/mol. The second-order valence-corrected chi connectivity index (χ2v) is 5.68. The van der Waals surface area contributed by atoms with E-state index in [-0.39, 0.29) is 18.6 Å². The lowest BCUT2D eigenvalue weighted by Gasteiger charge is -2.35. The van der Waals surface area contributed by atoms with Crippen LogP contribution >= 0.6 is 0 Å². The molecule has 0 unspecified atom stereocenters. The molecule has 0 spiro atoms.